The van der Waals surface area contributed by atoms with E-state index in [1.165, 1.54) is 11.8 Å². The predicted molar refractivity (Wildman–Crippen MR) is 128 cm³/mol. The highest BCUT2D eigenvalue weighted by atomic mass is 16.3. The van der Waals surface area contributed by atoms with Gasteiger partial charge in [-0.25, -0.2) is 9.98 Å². The molecule has 0 amide bonds. The van der Waals surface area contributed by atoms with Crippen molar-refractivity contribution in [3.63, 3.8) is 0 Å². The fourth-order valence-corrected chi connectivity index (χ4v) is 4.92. The summed E-state index contributed by atoms with van der Waals surface area (Å²) in [5.74, 6) is 1.00. The molecule has 0 saturated carbocycles. The zero-order chi connectivity index (χ0) is 22.6. The van der Waals surface area contributed by atoms with Gasteiger partial charge in [0.2, 0.25) is 0 Å². The lowest BCUT2D eigenvalue weighted by Crippen LogP contribution is -2.53. The van der Waals surface area contributed by atoms with E-state index < -0.39 is 0 Å². The minimum absolute atomic E-state index is 0.106. The van der Waals surface area contributed by atoms with E-state index in [1.807, 2.05) is 18.3 Å². The molecule has 4 aromatic heterocycles. The standard InChI is InChI=1S/C24H26N8O/c1-24(32-9-7-31(2)8-10-32)5-6-26-23-17(24)12-20(28-23)22-21-19(29-30-22)4-3-18(27-21)15-11-16(33)14-25-13-15/h3-4,6,11-14,28,33H,5,7-10H2,1-2H3,(H,29,30). The molecule has 2 aliphatic heterocycles. The summed E-state index contributed by atoms with van der Waals surface area (Å²) in [4.78, 5) is 22.0. The lowest BCUT2D eigenvalue weighted by molar-refractivity contribution is 0.0533. The van der Waals surface area contributed by atoms with Crippen molar-refractivity contribution in [2.24, 2.45) is 4.99 Å². The van der Waals surface area contributed by atoms with Gasteiger partial charge in [-0.3, -0.25) is 15.0 Å². The van der Waals surface area contributed by atoms with Crippen LogP contribution in [0.2, 0.25) is 0 Å². The summed E-state index contributed by atoms with van der Waals surface area (Å²) in [5, 5.41) is 17.5. The van der Waals surface area contributed by atoms with E-state index in [0.717, 1.165) is 72.1 Å². The molecule has 33 heavy (non-hydrogen) atoms. The molecule has 9 heteroatoms. The monoisotopic (exact) mass is 442 g/mol. The molecular weight excluding hydrogens is 416 g/mol. The van der Waals surface area contributed by atoms with E-state index in [2.05, 4.69) is 55.0 Å². The van der Waals surface area contributed by atoms with Crippen LogP contribution in [0.1, 0.15) is 18.9 Å². The van der Waals surface area contributed by atoms with E-state index in [-0.39, 0.29) is 11.3 Å². The van der Waals surface area contributed by atoms with Gasteiger partial charge in [-0.05, 0) is 38.2 Å². The van der Waals surface area contributed by atoms with E-state index in [4.69, 9.17) is 4.98 Å². The molecule has 6 heterocycles. The number of hydrogen-bond donors (Lipinski definition) is 3. The van der Waals surface area contributed by atoms with Gasteiger partial charge in [-0.2, -0.15) is 5.10 Å². The molecule has 1 atom stereocenters. The summed E-state index contributed by atoms with van der Waals surface area (Å²) in [5.41, 5.74) is 5.83. The van der Waals surface area contributed by atoms with Crippen LogP contribution in [0.4, 0.5) is 5.82 Å². The number of rotatable bonds is 3. The van der Waals surface area contributed by atoms with Crippen molar-refractivity contribution >= 4 is 23.1 Å². The molecule has 3 N–H and O–H groups in total. The third kappa shape index (κ3) is 3.32. The minimum Gasteiger partial charge on any atom is -0.506 e. The van der Waals surface area contributed by atoms with Crippen LogP contribution in [0.15, 0.2) is 41.7 Å². The first-order valence-corrected chi connectivity index (χ1v) is 11.2. The van der Waals surface area contributed by atoms with Gasteiger partial charge in [-0.1, -0.05) is 0 Å². The number of nitrogens with zero attached hydrogens (tertiary/aromatic N) is 6. The van der Waals surface area contributed by atoms with Gasteiger partial charge in [0, 0.05) is 56.1 Å². The van der Waals surface area contributed by atoms with Crippen LogP contribution in [0.25, 0.3) is 33.7 Å². The number of nitrogens with one attached hydrogen (secondary N) is 2. The highest BCUT2D eigenvalue weighted by Gasteiger charge is 2.39. The number of hydrogen-bond acceptors (Lipinski definition) is 7. The smallest absolute Gasteiger partial charge is 0.135 e. The lowest BCUT2D eigenvalue weighted by Gasteiger charge is -2.45. The van der Waals surface area contributed by atoms with E-state index in [1.54, 1.807) is 12.3 Å². The van der Waals surface area contributed by atoms with Crippen molar-refractivity contribution in [3.05, 3.63) is 42.2 Å². The van der Waals surface area contributed by atoms with E-state index in [0.29, 0.717) is 0 Å². The van der Waals surface area contributed by atoms with Gasteiger partial charge in [0.1, 0.15) is 22.8 Å². The molecule has 0 radical (unpaired) electrons. The second-order valence-corrected chi connectivity index (χ2v) is 9.12. The first kappa shape index (κ1) is 20.1. The Morgan fingerprint density at radius 3 is 2.76 bits per heavy atom. The number of piperazine rings is 1. The molecule has 0 spiro atoms. The number of aliphatic imine (C=N–C) groups is 1. The molecule has 0 bridgehead atoms. The van der Waals surface area contributed by atoms with Crippen LogP contribution in [0, 0.1) is 0 Å². The molecule has 0 aromatic carbocycles. The normalized spacial score (nSPS) is 21.5. The summed E-state index contributed by atoms with van der Waals surface area (Å²) >= 11 is 0. The van der Waals surface area contributed by atoms with Crippen LogP contribution in [0.3, 0.4) is 0 Å². The second kappa shape index (κ2) is 7.50. The van der Waals surface area contributed by atoms with Crippen molar-refractivity contribution in [2.45, 2.75) is 18.9 Å². The fraction of sp³-hybridized carbons (Fsp3) is 0.333. The molecule has 2 aliphatic rings. The number of fused-ring (bicyclic) bond motifs is 2. The van der Waals surface area contributed by atoms with Crippen molar-refractivity contribution in [3.8, 4) is 28.4 Å². The molecule has 168 valence electrons. The number of likely N-dealkylation sites (N-methyl/N-ethyl adjacent to an activating group) is 1. The van der Waals surface area contributed by atoms with Crippen LogP contribution in [-0.4, -0.2) is 79.5 Å². The number of aromatic amines is 2. The molecular formula is C24H26N8O. The second-order valence-electron chi connectivity index (χ2n) is 9.12. The summed E-state index contributed by atoms with van der Waals surface area (Å²) in [6.07, 6.45) is 6.01. The van der Waals surface area contributed by atoms with Gasteiger partial charge in [0.25, 0.3) is 0 Å². The Balaban J connectivity index is 1.41. The number of aromatic nitrogens is 5. The molecule has 1 saturated heterocycles. The van der Waals surface area contributed by atoms with Gasteiger partial charge in [0.15, 0.2) is 0 Å². The van der Waals surface area contributed by atoms with Gasteiger partial charge >= 0.3 is 0 Å². The summed E-state index contributed by atoms with van der Waals surface area (Å²) in [6.45, 7) is 6.53. The van der Waals surface area contributed by atoms with Crippen LogP contribution < -0.4 is 0 Å². The van der Waals surface area contributed by atoms with Crippen LogP contribution in [0.5, 0.6) is 5.75 Å². The maximum atomic E-state index is 9.81. The summed E-state index contributed by atoms with van der Waals surface area (Å²) in [6, 6.07) is 7.69. The van der Waals surface area contributed by atoms with Gasteiger partial charge in [-0.15, -0.1) is 0 Å². The Bertz CT molecular complexity index is 1360. The topological polar surface area (TPSA) is 109 Å². The van der Waals surface area contributed by atoms with E-state index >= 15 is 0 Å². The number of H-pyrrole nitrogens is 2. The Morgan fingerprint density at radius 1 is 1.09 bits per heavy atom. The maximum Gasteiger partial charge on any atom is 0.135 e. The van der Waals surface area contributed by atoms with Crippen LogP contribution in [-0.2, 0) is 5.54 Å². The molecule has 1 fully saturated rings. The Labute approximate surface area is 191 Å². The number of pyridine rings is 2. The molecule has 1 unspecified atom stereocenters. The Morgan fingerprint density at radius 2 is 1.94 bits per heavy atom. The number of aromatic hydroxyl groups is 1. The average molecular weight is 443 g/mol. The summed E-state index contributed by atoms with van der Waals surface area (Å²) < 4.78 is 0. The van der Waals surface area contributed by atoms with Crippen molar-refractivity contribution in [1.29, 1.82) is 0 Å². The first-order chi connectivity index (χ1) is 16.0. The molecule has 0 aliphatic carbocycles. The third-order valence-corrected chi connectivity index (χ3v) is 6.97. The largest absolute Gasteiger partial charge is 0.506 e. The highest BCUT2D eigenvalue weighted by molar-refractivity contribution is 5.91. The van der Waals surface area contributed by atoms with Crippen molar-refractivity contribution in [2.75, 3.05) is 33.2 Å². The van der Waals surface area contributed by atoms with Crippen molar-refractivity contribution in [1.82, 2.24) is 34.9 Å². The van der Waals surface area contributed by atoms with Gasteiger partial charge in [0.05, 0.1) is 28.6 Å². The Kier molecular flexibility index (Phi) is 4.56. The Hall–Kier alpha value is -3.56. The molecule has 4 aromatic rings. The van der Waals surface area contributed by atoms with Gasteiger partial charge < -0.3 is 15.0 Å². The van der Waals surface area contributed by atoms with Crippen molar-refractivity contribution < 1.29 is 5.11 Å². The average Bonchev–Trinajstić information content (AvgIpc) is 3.44. The van der Waals surface area contributed by atoms with E-state index in [9.17, 15) is 5.11 Å². The maximum absolute atomic E-state index is 9.81. The quantitative estimate of drug-likeness (QED) is 0.449. The molecule has 6 rings (SSSR count). The fourth-order valence-electron chi connectivity index (χ4n) is 4.92. The highest BCUT2D eigenvalue weighted by Crippen LogP contribution is 2.43. The first-order valence-electron chi connectivity index (χ1n) is 11.2. The summed E-state index contributed by atoms with van der Waals surface area (Å²) in [7, 11) is 2.18. The lowest BCUT2D eigenvalue weighted by atomic mass is 9.86. The predicted octanol–water partition coefficient (Wildman–Crippen LogP) is 3.29. The third-order valence-electron chi connectivity index (χ3n) is 6.97. The zero-order valence-corrected chi connectivity index (χ0v) is 18.7. The van der Waals surface area contributed by atoms with Crippen LogP contribution >= 0.6 is 0 Å². The molecule has 9 nitrogen and oxygen atoms in total. The minimum atomic E-state index is -0.106. The SMILES string of the molecule is CN1CCN(C2(C)CC=Nc3[nH]c(-c4n[nH]c5ccc(-c6cncc(O)c6)nc45)cc32)CC1. The zero-order valence-electron chi connectivity index (χ0n) is 18.7.